The first-order valence-corrected chi connectivity index (χ1v) is 13.6. The van der Waals surface area contributed by atoms with Gasteiger partial charge >= 0.3 is 12.2 Å². The molecule has 4 atom stereocenters. The smallest absolute Gasteiger partial charge is 0.410 e. The number of hydrogen-bond acceptors (Lipinski definition) is 6. The Morgan fingerprint density at radius 2 is 1.54 bits per heavy atom. The van der Waals surface area contributed by atoms with Gasteiger partial charge in [0.2, 0.25) is 5.91 Å². The summed E-state index contributed by atoms with van der Waals surface area (Å²) in [5.41, 5.74) is 0. The Kier molecular flexibility index (Phi) is 8.45. The van der Waals surface area contributed by atoms with Crippen LogP contribution in [-0.4, -0.2) is 96.9 Å². The average molecular weight is 493 g/mol. The summed E-state index contributed by atoms with van der Waals surface area (Å²) in [6, 6.07) is -0.227. The highest BCUT2D eigenvalue weighted by Gasteiger charge is 2.49. The summed E-state index contributed by atoms with van der Waals surface area (Å²) >= 11 is 0. The number of carbonyl (C=O) groups excluding carboxylic acids is 3. The van der Waals surface area contributed by atoms with Crippen LogP contribution in [0.5, 0.6) is 0 Å². The van der Waals surface area contributed by atoms with Crippen molar-refractivity contribution in [3.05, 3.63) is 0 Å². The standard InChI is InChI=1S/C26H44N4O5/c1-17(2)35-25(32)29-16-18(3)30(26(33)34-4)22-10-9-21(15-23(22)29)19-5-7-20(8-6-19)24(31)28-13-11-27-12-14-28/h17-23,27H,5-16H2,1-4H3/t18-,19?,20?,21?,22?,23?/m0/s1. The second kappa shape index (κ2) is 11.4. The van der Waals surface area contributed by atoms with E-state index in [0.29, 0.717) is 24.3 Å². The number of methoxy groups -OCH3 is 1. The summed E-state index contributed by atoms with van der Waals surface area (Å²) in [4.78, 5) is 44.4. The van der Waals surface area contributed by atoms with Gasteiger partial charge < -0.3 is 24.6 Å². The molecular weight excluding hydrogens is 448 g/mol. The minimum atomic E-state index is -0.310. The maximum Gasteiger partial charge on any atom is 0.410 e. The fourth-order valence-electron chi connectivity index (χ4n) is 6.97. The van der Waals surface area contributed by atoms with Gasteiger partial charge in [0.15, 0.2) is 0 Å². The molecule has 3 unspecified atom stereocenters. The third-order valence-corrected chi connectivity index (χ3v) is 8.69. The Bertz CT molecular complexity index is 763. The van der Waals surface area contributed by atoms with Gasteiger partial charge in [-0.15, -0.1) is 0 Å². The highest BCUT2D eigenvalue weighted by atomic mass is 16.6. The van der Waals surface area contributed by atoms with Gasteiger partial charge in [0.25, 0.3) is 0 Å². The molecule has 2 aliphatic carbocycles. The minimum Gasteiger partial charge on any atom is -0.453 e. The largest absolute Gasteiger partial charge is 0.453 e. The summed E-state index contributed by atoms with van der Waals surface area (Å²) in [6.45, 7) is 9.60. The van der Waals surface area contributed by atoms with E-state index in [0.717, 1.165) is 71.1 Å². The zero-order valence-corrected chi connectivity index (χ0v) is 21.9. The van der Waals surface area contributed by atoms with Crippen LogP contribution in [0.3, 0.4) is 0 Å². The molecule has 0 bridgehead atoms. The van der Waals surface area contributed by atoms with E-state index in [4.69, 9.17) is 9.47 Å². The number of hydrogen-bond donors (Lipinski definition) is 1. The quantitative estimate of drug-likeness (QED) is 0.651. The number of piperazine rings is 2. The fraction of sp³-hybridized carbons (Fsp3) is 0.885. The summed E-state index contributed by atoms with van der Waals surface area (Å²) < 4.78 is 10.7. The van der Waals surface area contributed by atoms with Gasteiger partial charge in [-0.25, -0.2) is 9.59 Å². The number of nitrogens with one attached hydrogen (secondary N) is 1. The van der Waals surface area contributed by atoms with Crippen LogP contribution in [0.4, 0.5) is 9.59 Å². The van der Waals surface area contributed by atoms with Crippen LogP contribution in [-0.2, 0) is 14.3 Å². The van der Waals surface area contributed by atoms with E-state index in [1.54, 1.807) is 0 Å². The Morgan fingerprint density at radius 3 is 2.17 bits per heavy atom. The first-order chi connectivity index (χ1) is 16.8. The Morgan fingerprint density at radius 1 is 0.886 bits per heavy atom. The summed E-state index contributed by atoms with van der Waals surface area (Å²) in [5.74, 6) is 1.56. The lowest BCUT2D eigenvalue weighted by atomic mass is 9.68. The number of fused-ring (bicyclic) bond motifs is 1. The van der Waals surface area contributed by atoms with Crippen molar-refractivity contribution in [3.63, 3.8) is 0 Å². The number of carbonyl (C=O) groups is 3. The molecule has 9 heteroatoms. The lowest BCUT2D eigenvalue weighted by molar-refractivity contribution is -0.137. The second-order valence-corrected chi connectivity index (χ2v) is 11.2. The van der Waals surface area contributed by atoms with Crippen molar-refractivity contribution >= 4 is 18.1 Å². The minimum absolute atomic E-state index is 0.0483. The van der Waals surface area contributed by atoms with Gasteiger partial charge in [0, 0.05) is 38.6 Å². The molecule has 4 fully saturated rings. The molecular formula is C26H44N4O5. The molecule has 9 nitrogen and oxygen atoms in total. The monoisotopic (exact) mass is 492 g/mol. The number of nitrogens with zero attached hydrogens (tertiary/aromatic N) is 3. The van der Waals surface area contributed by atoms with E-state index in [1.165, 1.54) is 7.11 Å². The second-order valence-electron chi connectivity index (χ2n) is 11.2. The molecule has 2 heterocycles. The number of rotatable bonds is 3. The third kappa shape index (κ3) is 5.70. The molecule has 2 saturated heterocycles. The van der Waals surface area contributed by atoms with E-state index in [-0.39, 0.29) is 42.3 Å². The molecule has 2 saturated carbocycles. The van der Waals surface area contributed by atoms with Crippen LogP contribution in [0.1, 0.15) is 65.7 Å². The number of amides is 3. The van der Waals surface area contributed by atoms with Gasteiger partial charge in [-0.3, -0.25) is 9.69 Å². The maximum atomic E-state index is 13.0. The molecule has 1 N–H and O–H groups in total. The van der Waals surface area contributed by atoms with E-state index in [2.05, 4.69) is 5.32 Å². The van der Waals surface area contributed by atoms with Crippen molar-refractivity contribution in [1.82, 2.24) is 20.0 Å². The highest BCUT2D eigenvalue weighted by molar-refractivity contribution is 5.79. The van der Waals surface area contributed by atoms with Crippen LogP contribution >= 0.6 is 0 Å². The average Bonchev–Trinajstić information content (AvgIpc) is 2.87. The molecule has 0 aromatic heterocycles. The Balaban J connectivity index is 1.41. The predicted molar refractivity (Wildman–Crippen MR) is 132 cm³/mol. The van der Waals surface area contributed by atoms with E-state index >= 15 is 0 Å². The molecule has 35 heavy (non-hydrogen) atoms. The van der Waals surface area contributed by atoms with Gasteiger partial charge in [-0.05, 0) is 77.6 Å². The van der Waals surface area contributed by atoms with Gasteiger partial charge in [0.05, 0.1) is 31.3 Å². The Labute approximate surface area is 209 Å². The van der Waals surface area contributed by atoms with Crippen LogP contribution in [0.15, 0.2) is 0 Å². The van der Waals surface area contributed by atoms with Crippen LogP contribution < -0.4 is 5.32 Å². The van der Waals surface area contributed by atoms with Crippen molar-refractivity contribution in [2.24, 2.45) is 17.8 Å². The molecule has 0 aromatic rings. The first-order valence-electron chi connectivity index (χ1n) is 13.6. The topological polar surface area (TPSA) is 91.4 Å². The number of ether oxygens (including phenoxy) is 2. The Hall–Kier alpha value is -2.03. The molecule has 4 rings (SSSR count). The molecule has 4 aliphatic rings. The normalized spacial score (nSPS) is 33.8. The lowest BCUT2D eigenvalue weighted by Gasteiger charge is -2.54. The molecule has 2 aliphatic heterocycles. The highest BCUT2D eigenvalue weighted by Crippen LogP contribution is 2.44. The van der Waals surface area contributed by atoms with Crippen LogP contribution in [0.25, 0.3) is 0 Å². The predicted octanol–water partition coefficient (Wildman–Crippen LogP) is 3.08. The molecule has 3 amide bonds. The van der Waals surface area contributed by atoms with Crippen molar-refractivity contribution in [2.75, 3.05) is 39.8 Å². The van der Waals surface area contributed by atoms with Crippen molar-refractivity contribution < 1.29 is 23.9 Å². The van der Waals surface area contributed by atoms with Crippen molar-refractivity contribution in [3.8, 4) is 0 Å². The van der Waals surface area contributed by atoms with Crippen LogP contribution in [0, 0.1) is 17.8 Å². The SMILES string of the molecule is COC(=O)N1C2CCC(C3CCC(C(=O)N4CCNCC4)CC3)CC2N(C(=O)OC(C)C)C[C@@H]1C. The van der Waals surface area contributed by atoms with Crippen LogP contribution in [0.2, 0.25) is 0 Å². The lowest BCUT2D eigenvalue weighted by Crippen LogP contribution is -2.67. The van der Waals surface area contributed by atoms with E-state index in [9.17, 15) is 14.4 Å². The molecule has 0 radical (unpaired) electrons. The zero-order valence-electron chi connectivity index (χ0n) is 21.9. The van der Waals surface area contributed by atoms with Gasteiger partial charge in [0.1, 0.15) is 0 Å². The summed E-state index contributed by atoms with van der Waals surface area (Å²) in [6.07, 6.45) is 6.06. The van der Waals surface area contributed by atoms with Crippen molar-refractivity contribution in [1.29, 1.82) is 0 Å². The summed E-state index contributed by atoms with van der Waals surface area (Å²) in [5, 5.41) is 3.32. The fourth-order valence-corrected chi connectivity index (χ4v) is 6.97. The summed E-state index contributed by atoms with van der Waals surface area (Å²) in [7, 11) is 1.43. The van der Waals surface area contributed by atoms with Gasteiger partial charge in [-0.1, -0.05) is 0 Å². The third-order valence-electron chi connectivity index (χ3n) is 8.69. The first kappa shape index (κ1) is 26.0. The van der Waals surface area contributed by atoms with Gasteiger partial charge in [-0.2, -0.15) is 0 Å². The molecule has 198 valence electrons. The zero-order chi connectivity index (χ0) is 25.1. The van der Waals surface area contributed by atoms with Crippen molar-refractivity contribution in [2.45, 2.75) is 89.9 Å². The maximum absolute atomic E-state index is 13.0. The molecule has 0 aromatic carbocycles. The molecule has 0 spiro atoms. The van der Waals surface area contributed by atoms with E-state index < -0.39 is 0 Å². The van der Waals surface area contributed by atoms with E-state index in [1.807, 2.05) is 35.5 Å².